The molecule has 1 aromatic rings. The summed E-state index contributed by atoms with van der Waals surface area (Å²) < 4.78 is 0. The van der Waals surface area contributed by atoms with Crippen LogP contribution in [0.4, 0.5) is 0 Å². The van der Waals surface area contributed by atoms with Crippen LogP contribution in [0.5, 0.6) is 0 Å². The molecule has 3 rings (SSSR count). The number of nitrogens with zero attached hydrogens (tertiary/aromatic N) is 2. The minimum absolute atomic E-state index is 0.0260. The summed E-state index contributed by atoms with van der Waals surface area (Å²) in [7, 11) is 0. The van der Waals surface area contributed by atoms with Gasteiger partial charge in [0.25, 0.3) is 0 Å². The molecule has 5 nitrogen and oxygen atoms in total. The molecule has 2 aliphatic rings. The maximum atomic E-state index is 12.5. The van der Waals surface area contributed by atoms with Crippen molar-refractivity contribution >= 4 is 23.2 Å². The van der Waals surface area contributed by atoms with Crippen LogP contribution in [0.3, 0.4) is 0 Å². The second-order valence-electron chi connectivity index (χ2n) is 7.95. The molecule has 0 unspecified atom stereocenters. The van der Waals surface area contributed by atoms with E-state index in [1.807, 2.05) is 13.8 Å². The van der Waals surface area contributed by atoms with E-state index < -0.39 is 0 Å². The van der Waals surface area contributed by atoms with Gasteiger partial charge < -0.3 is 10.2 Å². The molecule has 0 bridgehead atoms. The Hall–Kier alpha value is -1.43. The molecule has 0 spiro atoms. The molecule has 1 saturated carbocycles. The van der Waals surface area contributed by atoms with Crippen molar-refractivity contribution in [1.82, 2.24) is 15.2 Å². The van der Waals surface area contributed by atoms with Crippen molar-refractivity contribution in [1.29, 1.82) is 0 Å². The minimum Gasteiger partial charge on any atom is -0.355 e. The molecule has 1 aliphatic heterocycles. The Morgan fingerprint density at radius 1 is 1.23 bits per heavy atom. The first-order valence-electron chi connectivity index (χ1n) is 10.1. The van der Waals surface area contributed by atoms with Crippen LogP contribution in [-0.4, -0.2) is 41.3 Å². The Labute approximate surface area is 160 Å². The molecule has 2 fully saturated rings. The van der Waals surface area contributed by atoms with Gasteiger partial charge in [-0.15, -0.1) is 11.3 Å². The number of rotatable bonds is 6. The number of carbonyl (C=O) groups excluding carboxylic acids is 2. The fourth-order valence-corrected chi connectivity index (χ4v) is 4.95. The Balaban J connectivity index is 1.44. The van der Waals surface area contributed by atoms with E-state index in [1.165, 1.54) is 17.8 Å². The van der Waals surface area contributed by atoms with Crippen LogP contribution in [0, 0.1) is 11.8 Å². The van der Waals surface area contributed by atoms with Gasteiger partial charge in [-0.1, -0.05) is 26.7 Å². The van der Waals surface area contributed by atoms with Crippen LogP contribution >= 0.6 is 11.3 Å². The van der Waals surface area contributed by atoms with E-state index in [4.69, 9.17) is 4.98 Å². The highest BCUT2D eigenvalue weighted by Crippen LogP contribution is 2.33. The van der Waals surface area contributed by atoms with Gasteiger partial charge in [0.05, 0.1) is 10.7 Å². The fraction of sp³-hybridized carbons (Fsp3) is 0.750. The first-order valence-corrected chi connectivity index (χ1v) is 10.9. The number of likely N-dealkylation sites (tertiary alicyclic amines) is 1. The lowest BCUT2D eigenvalue weighted by Crippen LogP contribution is -2.40. The van der Waals surface area contributed by atoms with Gasteiger partial charge >= 0.3 is 0 Å². The van der Waals surface area contributed by atoms with E-state index >= 15 is 0 Å². The van der Waals surface area contributed by atoms with Crippen LogP contribution in [0.2, 0.25) is 0 Å². The Kier molecular flexibility index (Phi) is 6.68. The summed E-state index contributed by atoms with van der Waals surface area (Å²) in [6.07, 6.45) is 7.43. The molecule has 2 amide bonds. The summed E-state index contributed by atoms with van der Waals surface area (Å²) in [5.41, 5.74) is 1.07. The number of aromatic nitrogens is 1. The first kappa shape index (κ1) is 19.3. The summed E-state index contributed by atoms with van der Waals surface area (Å²) >= 11 is 1.73. The average Bonchev–Trinajstić information content (AvgIpc) is 3.33. The molecule has 144 valence electrons. The molecule has 26 heavy (non-hydrogen) atoms. The molecule has 1 aromatic heterocycles. The fourth-order valence-electron chi connectivity index (χ4n) is 3.92. The van der Waals surface area contributed by atoms with Gasteiger partial charge in [0.15, 0.2) is 0 Å². The second kappa shape index (κ2) is 8.98. The van der Waals surface area contributed by atoms with Crippen LogP contribution in [0.1, 0.15) is 69.0 Å². The van der Waals surface area contributed by atoms with E-state index in [9.17, 15) is 9.59 Å². The SMILES string of the molecule is CC(C)C(=O)NCCc1csc(C2CCN(C(=O)C3CCCC3)CC2)n1. The van der Waals surface area contributed by atoms with Gasteiger partial charge in [0, 0.05) is 49.2 Å². The molecule has 0 aromatic carbocycles. The van der Waals surface area contributed by atoms with Crippen molar-refractivity contribution in [3.63, 3.8) is 0 Å². The molecular weight excluding hydrogens is 346 g/mol. The number of thiazole rings is 1. The van der Waals surface area contributed by atoms with Gasteiger partial charge in [-0.3, -0.25) is 9.59 Å². The Morgan fingerprint density at radius 2 is 1.92 bits per heavy atom. The summed E-state index contributed by atoms with van der Waals surface area (Å²) in [6, 6.07) is 0. The van der Waals surface area contributed by atoms with Crippen LogP contribution in [0.15, 0.2) is 5.38 Å². The van der Waals surface area contributed by atoms with E-state index in [1.54, 1.807) is 11.3 Å². The summed E-state index contributed by atoms with van der Waals surface area (Å²) in [4.78, 5) is 31.0. The topological polar surface area (TPSA) is 62.3 Å². The largest absolute Gasteiger partial charge is 0.355 e. The van der Waals surface area contributed by atoms with Crippen molar-refractivity contribution in [2.24, 2.45) is 11.8 Å². The second-order valence-corrected chi connectivity index (χ2v) is 8.84. The molecule has 1 N–H and O–H groups in total. The van der Waals surface area contributed by atoms with Crippen LogP contribution < -0.4 is 5.32 Å². The predicted molar refractivity (Wildman–Crippen MR) is 104 cm³/mol. The highest BCUT2D eigenvalue weighted by molar-refractivity contribution is 7.09. The summed E-state index contributed by atoms with van der Waals surface area (Å²) in [5, 5.41) is 6.26. The van der Waals surface area contributed by atoms with Gasteiger partial charge in [-0.05, 0) is 25.7 Å². The number of amides is 2. The van der Waals surface area contributed by atoms with E-state index in [0.717, 1.165) is 50.9 Å². The molecular formula is C20H31N3O2S. The smallest absolute Gasteiger partial charge is 0.225 e. The van der Waals surface area contributed by atoms with Crippen molar-refractivity contribution < 1.29 is 9.59 Å². The Bertz CT molecular complexity index is 614. The third kappa shape index (κ3) is 4.84. The quantitative estimate of drug-likeness (QED) is 0.827. The monoisotopic (exact) mass is 377 g/mol. The maximum absolute atomic E-state index is 12.5. The third-order valence-corrected chi connectivity index (χ3v) is 6.69. The molecule has 6 heteroatoms. The first-order chi connectivity index (χ1) is 12.5. The number of piperidine rings is 1. The summed E-state index contributed by atoms with van der Waals surface area (Å²) in [6.45, 7) is 6.20. The standard InChI is InChI=1S/C20H31N3O2S/c1-14(2)18(24)21-10-7-17-13-26-19(22-17)15-8-11-23(12-9-15)20(25)16-5-3-4-6-16/h13-16H,3-12H2,1-2H3,(H,21,24). The van der Waals surface area contributed by atoms with Gasteiger partial charge in [-0.2, -0.15) is 0 Å². The normalized spacial score (nSPS) is 19.3. The number of hydrogen-bond donors (Lipinski definition) is 1. The molecule has 0 radical (unpaired) electrons. The summed E-state index contributed by atoms with van der Waals surface area (Å²) in [5.74, 6) is 1.28. The zero-order chi connectivity index (χ0) is 18.5. The van der Waals surface area contributed by atoms with Crippen LogP contribution in [0.25, 0.3) is 0 Å². The van der Waals surface area contributed by atoms with E-state index in [2.05, 4.69) is 15.6 Å². The average molecular weight is 378 g/mol. The van der Waals surface area contributed by atoms with Gasteiger partial charge in [0.1, 0.15) is 0 Å². The number of hydrogen-bond acceptors (Lipinski definition) is 4. The molecule has 0 atom stereocenters. The third-order valence-electron chi connectivity index (χ3n) is 5.63. The molecule has 2 heterocycles. The predicted octanol–water partition coefficient (Wildman–Crippen LogP) is 3.35. The number of carbonyl (C=O) groups is 2. The molecule has 1 saturated heterocycles. The van der Waals surface area contributed by atoms with Crippen molar-refractivity contribution in [2.45, 2.75) is 64.7 Å². The zero-order valence-corrected chi connectivity index (χ0v) is 16.8. The lowest BCUT2D eigenvalue weighted by Gasteiger charge is -2.32. The van der Waals surface area contributed by atoms with E-state index in [-0.39, 0.29) is 11.8 Å². The molecule has 1 aliphatic carbocycles. The Morgan fingerprint density at radius 3 is 2.58 bits per heavy atom. The lowest BCUT2D eigenvalue weighted by atomic mass is 9.96. The van der Waals surface area contributed by atoms with Crippen molar-refractivity contribution in [2.75, 3.05) is 19.6 Å². The number of nitrogens with one attached hydrogen (secondary N) is 1. The van der Waals surface area contributed by atoms with Crippen molar-refractivity contribution in [3.05, 3.63) is 16.1 Å². The van der Waals surface area contributed by atoms with Gasteiger partial charge in [0.2, 0.25) is 11.8 Å². The van der Waals surface area contributed by atoms with E-state index in [0.29, 0.717) is 24.3 Å². The van der Waals surface area contributed by atoms with Crippen LogP contribution in [-0.2, 0) is 16.0 Å². The zero-order valence-electron chi connectivity index (χ0n) is 16.0. The highest BCUT2D eigenvalue weighted by Gasteiger charge is 2.31. The minimum atomic E-state index is 0.0260. The highest BCUT2D eigenvalue weighted by atomic mass is 32.1. The van der Waals surface area contributed by atoms with Gasteiger partial charge in [-0.25, -0.2) is 4.98 Å². The maximum Gasteiger partial charge on any atom is 0.225 e. The lowest BCUT2D eigenvalue weighted by molar-refractivity contribution is -0.136. The van der Waals surface area contributed by atoms with Crippen molar-refractivity contribution in [3.8, 4) is 0 Å².